The summed E-state index contributed by atoms with van der Waals surface area (Å²) in [6, 6.07) is 10.6. The van der Waals surface area contributed by atoms with E-state index in [1.165, 1.54) is 23.3 Å². The number of carbonyl (C=O) groups excluding carboxylic acids is 2. The van der Waals surface area contributed by atoms with Crippen LogP contribution in [0.25, 0.3) is 0 Å². The molecule has 0 bridgehead atoms. The standard InChI is InChI=1S/C21H25NO2S/c1-15-18-19(16(2)25-15)21(24)22(20(18)23)14-10-5-3-4-7-11-17-12-8-6-9-13-17/h6,8-9,12-13H,3-5,7,10-11,14H2,1-2H3. The number of rotatable bonds is 8. The van der Waals surface area contributed by atoms with E-state index in [-0.39, 0.29) is 11.8 Å². The van der Waals surface area contributed by atoms with Gasteiger partial charge in [-0.25, -0.2) is 0 Å². The average molecular weight is 356 g/mol. The van der Waals surface area contributed by atoms with Gasteiger partial charge in [0.05, 0.1) is 11.1 Å². The van der Waals surface area contributed by atoms with Crippen molar-refractivity contribution in [2.24, 2.45) is 0 Å². The molecule has 2 heterocycles. The van der Waals surface area contributed by atoms with Gasteiger partial charge in [-0.1, -0.05) is 49.6 Å². The Labute approximate surface area is 153 Å². The van der Waals surface area contributed by atoms with E-state index < -0.39 is 0 Å². The van der Waals surface area contributed by atoms with E-state index in [0.29, 0.717) is 17.7 Å². The third-order valence-corrected chi connectivity index (χ3v) is 5.89. The molecule has 0 saturated heterocycles. The van der Waals surface area contributed by atoms with Gasteiger partial charge in [0.25, 0.3) is 11.8 Å². The fraction of sp³-hybridized carbons (Fsp3) is 0.429. The molecule has 1 aliphatic rings. The van der Waals surface area contributed by atoms with Crippen molar-refractivity contribution in [1.29, 1.82) is 0 Å². The van der Waals surface area contributed by atoms with Gasteiger partial charge in [-0.05, 0) is 38.7 Å². The monoisotopic (exact) mass is 355 g/mol. The Hall–Kier alpha value is -1.94. The second-order valence-electron chi connectivity index (χ2n) is 6.73. The summed E-state index contributed by atoms with van der Waals surface area (Å²) in [6.45, 7) is 4.41. The third kappa shape index (κ3) is 3.84. The second-order valence-corrected chi connectivity index (χ2v) is 8.16. The lowest BCUT2D eigenvalue weighted by Crippen LogP contribution is -2.31. The first-order valence-electron chi connectivity index (χ1n) is 9.09. The first kappa shape index (κ1) is 17.9. The van der Waals surface area contributed by atoms with Crippen molar-refractivity contribution in [1.82, 2.24) is 4.90 Å². The predicted molar refractivity (Wildman–Crippen MR) is 102 cm³/mol. The summed E-state index contributed by atoms with van der Waals surface area (Å²) in [4.78, 5) is 28.3. The number of hydrogen-bond acceptors (Lipinski definition) is 3. The molecule has 0 aliphatic carbocycles. The number of imide groups is 1. The summed E-state index contributed by atoms with van der Waals surface area (Å²) in [6.07, 6.45) is 6.64. The number of fused-ring (bicyclic) bond motifs is 1. The Balaban J connectivity index is 1.38. The van der Waals surface area contributed by atoms with Gasteiger partial charge in [-0.15, -0.1) is 11.3 Å². The highest BCUT2D eigenvalue weighted by Gasteiger charge is 2.39. The molecule has 2 aromatic rings. The zero-order valence-corrected chi connectivity index (χ0v) is 15.8. The second kappa shape index (κ2) is 7.96. The molecule has 1 aliphatic heterocycles. The molecule has 0 fully saturated rings. The molecule has 1 aromatic carbocycles. The summed E-state index contributed by atoms with van der Waals surface area (Å²) in [5, 5.41) is 0. The summed E-state index contributed by atoms with van der Waals surface area (Å²) >= 11 is 1.55. The number of aryl methyl sites for hydroxylation is 3. The van der Waals surface area contributed by atoms with E-state index in [4.69, 9.17) is 0 Å². The number of nitrogens with zero attached hydrogens (tertiary/aromatic N) is 1. The maximum atomic E-state index is 12.5. The molecular formula is C21H25NO2S. The summed E-state index contributed by atoms with van der Waals surface area (Å²) in [7, 11) is 0. The quantitative estimate of drug-likeness (QED) is 0.485. The topological polar surface area (TPSA) is 37.4 Å². The van der Waals surface area contributed by atoms with Gasteiger partial charge < -0.3 is 0 Å². The third-order valence-electron chi connectivity index (χ3n) is 4.87. The largest absolute Gasteiger partial charge is 0.274 e. The zero-order chi connectivity index (χ0) is 17.8. The number of hydrogen-bond donors (Lipinski definition) is 0. The van der Waals surface area contributed by atoms with Crippen LogP contribution < -0.4 is 0 Å². The Kier molecular flexibility index (Phi) is 5.69. The van der Waals surface area contributed by atoms with Crippen molar-refractivity contribution >= 4 is 23.2 Å². The number of amides is 2. The van der Waals surface area contributed by atoms with Crippen LogP contribution in [0.3, 0.4) is 0 Å². The smallest absolute Gasteiger partial charge is 0.262 e. The van der Waals surface area contributed by atoms with Crippen LogP contribution in [0.5, 0.6) is 0 Å². The van der Waals surface area contributed by atoms with Crippen LogP contribution in [-0.2, 0) is 6.42 Å². The predicted octanol–water partition coefficient (Wildman–Crippen LogP) is 5.15. The van der Waals surface area contributed by atoms with E-state index in [0.717, 1.165) is 35.4 Å². The van der Waals surface area contributed by atoms with E-state index in [1.807, 2.05) is 19.9 Å². The van der Waals surface area contributed by atoms with Crippen molar-refractivity contribution in [3.05, 3.63) is 56.8 Å². The molecule has 3 rings (SSSR count). The van der Waals surface area contributed by atoms with Crippen molar-refractivity contribution in [2.45, 2.75) is 52.4 Å². The lowest BCUT2D eigenvalue weighted by molar-refractivity contribution is 0.0651. The zero-order valence-electron chi connectivity index (χ0n) is 15.0. The Bertz CT molecular complexity index is 727. The molecule has 0 N–H and O–H groups in total. The molecule has 132 valence electrons. The van der Waals surface area contributed by atoms with Crippen LogP contribution in [0.4, 0.5) is 0 Å². The summed E-state index contributed by atoms with van der Waals surface area (Å²) in [5.74, 6) is -0.183. The number of benzene rings is 1. The van der Waals surface area contributed by atoms with E-state index in [2.05, 4.69) is 24.3 Å². The average Bonchev–Trinajstić information content (AvgIpc) is 3.04. The first-order valence-corrected chi connectivity index (χ1v) is 9.91. The molecule has 4 heteroatoms. The van der Waals surface area contributed by atoms with Crippen LogP contribution in [0.1, 0.15) is 68.1 Å². The van der Waals surface area contributed by atoms with Crippen LogP contribution in [0.15, 0.2) is 30.3 Å². The highest BCUT2D eigenvalue weighted by molar-refractivity contribution is 7.12. The molecule has 0 unspecified atom stereocenters. The maximum absolute atomic E-state index is 12.5. The first-order chi connectivity index (χ1) is 12.1. The van der Waals surface area contributed by atoms with Gasteiger partial charge in [0, 0.05) is 16.3 Å². The van der Waals surface area contributed by atoms with E-state index >= 15 is 0 Å². The lowest BCUT2D eigenvalue weighted by atomic mass is 10.1. The molecule has 1 aromatic heterocycles. The minimum Gasteiger partial charge on any atom is -0.274 e. The molecule has 0 radical (unpaired) electrons. The van der Waals surface area contributed by atoms with Gasteiger partial charge in [0.2, 0.25) is 0 Å². The summed E-state index contributed by atoms with van der Waals surface area (Å²) < 4.78 is 0. The van der Waals surface area contributed by atoms with E-state index in [1.54, 1.807) is 11.3 Å². The molecule has 25 heavy (non-hydrogen) atoms. The van der Waals surface area contributed by atoms with Gasteiger partial charge in [-0.2, -0.15) is 0 Å². The van der Waals surface area contributed by atoms with Crippen LogP contribution in [0.2, 0.25) is 0 Å². The number of thiophene rings is 1. The fourth-order valence-electron chi connectivity index (χ4n) is 3.54. The Morgan fingerprint density at radius 3 is 2.00 bits per heavy atom. The van der Waals surface area contributed by atoms with Crippen molar-refractivity contribution < 1.29 is 9.59 Å². The van der Waals surface area contributed by atoms with Crippen LogP contribution >= 0.6 is 11.3 Å². The maximum Gasteiger partial charge on any atom is 0.262 e. The summed E-state index contributed by atoms with van der Waals surface area (Å²) in [5.41, 5.74) is 2.69. The number of carbonyl (C=O) groups is 2. The Morgan fingerprint density at radius 1 is 0.800 bits per heavy atom. The molecule has 3 nitrogen and oxygen atoms in total. The van der Waals surface area contributed by atoms with Crippen molar-refractivity contribution in [3.63, 3.8) is 0 Å². The van der Waals surface area contributed by atoms with Gasteiger partial charge in [0.1, 0.15) is 0 Å². The highest BCUT2D eigenvalue weighted by Crippen LogP contribution is 2.34. The molecule has 0 atom stereocenters. The highest BCUT2D eigenvalue weighted by atomic mass is 32.1. The molecular weight excluding hydrogens is 330 g/mol. The number of unbranched alkanes of at least 4 members (excludes halogenated alkanes) is 4. The van der Waals surface area contributed by atoms with Gasteiger partial charge in [-0.3, -0.25) is 14.5 Å². The normalized spacial score (nSPS) is 13.6. The van der Waals surface area contributed by atoms with Crippen LogP contribution in [-0.4, -0.2) is 23.3 Å². The molecule has 0 spiro atoms. The van der Waals surface area contributed by atoms with Gasteiger partial charge in [0.15, 0.2) is 0 Å². The van der Waals surface area contributed by atoms with Crippen molar-refractivity contribution in [3.8, 4) is 0 Å². The minimum atomic E-state index is -0.0917. The van der Waals surface area contributed by atoms with E-state index in [9.17, 15) is 9.59 Å². The fourth-order valence-corrected chi connectivity index (χ4v) is 4.58. The van der Waals surface area contributed by atoms with Gasteiger partial charge >= 0.3 is 0 Å². The SMILES string of the molecule is Cc1sc(C)c2c1C(=O)N(CCCCCCCc1ccccc1)C2=O. The minimum absolute atomic E-state index is 0.0917. The van der Waals surface area contributed by atoms with Crippen LogP contribution in [0, 0.1) is 13.8 Å². The Morgan fingerprint density at radius 2 is 1.36 bits per heavy atom. The van der Waals surface area contributed by atoms with Crippen molar-refractivity contribution in [2.75, 3.05) is 6.54 Å². The lowest BCUT2D eigenvalue weighted by Gasteiger charge is -2.14. The molecule has 0 saturated carbocycles. The molecule has 2 amide bonds.